The molecule has 0 spiro atoms. The van der Waals surface area contributed by atoms with Gasteiger partial charge < -0.3 is 4.79 Å². The van der Waals surface area contributed by atoms with Gasteiger partial charge in [0.1, 0.15) is 5.78 Å². The molecule has 37 heavy (non-hydrogen) atoms. The van der Waals surface area contributed by atoms with Gasteiger partial charge in [-0.1, -0.05) is 78.4 Å². The summed E-state index contributed by atoms with van der Waals surface area (Å²) in [5, 5.41) is 0. The second kappa shape index (κ2) is 12.5. The minimum Gasteiger partial charge on any atom is -0.300 e. The molecule has 1 saturated carbocycles. The van der Waals surface area contributed by atoms with Crippen LogP contribution in [-0.4, -0.2) is 11.6 Å². The van der Waals surface area contributed by atoms with Gasteiger partial charge in [0.2, 0.25) is 0 Å². The fraction of sp³-hybridized carbons (Fsp3) is 0.429. The molecule has 0 bridgehead atoms. The number of hydrogen-bond donors (Lipinski definition) is 0. The number of aryl methyl sites for hydroxylation is 2. The van der Waals surface area contributed by atoms with E-state index in [9.17, 15) is 9.59 Å². The summed E-state index contributed by atoms with van der Waals surface area (Å²) in [4.78, 5) is 25.1. The molecule has 2 aliphatic rings. The molecule has 2 aromatic rings. The number of rotatable bonds is 10. The Morgan fingerprint density at radius 1 is 1.00 bits per heavy atom. The first-order valence-corrected chi connectivity index (χ1v) is 14.1. The molecule has 194 valence electrons. The molecule has 2 heteroatoms. The highest BCUT2D eigenvalue weighted by molar-refractivity contribution is 5.99. The van der Waals surface area contributed by atoms with Crippen molar-refractivity contribution < 1.29 is 9.59 Å². The van der Waals surface area contributed by atoms with Crippen molar-refractivity contribution >= 4 is 17.6 Å². The zero-order valence-corrected chi connectivity index (χ0v) is 23.0. The SMILES string of the molecule is CC=CC(=CC)C(=O)C1CCC(C(CCc2ccc3c(c2)C=CC3c2ccc(C)cc2)CC(C)=O)CC1. The molecule has 0 saturated heterocycles. The first-order chi connectivity index (χ1) is 17.9. The largest absolute Gasteiger partial charge is 0.300 e. The summed E-state index contributed by atoms with van der Waals surface area (Å²) in [6.45, 7) is 7.76. The fourth-order valence-corrected chi connectivity index (χ4v) is 6.39. The van der Waals surface area contributed by atoms with Gasteiger partial charge in [-0.25, -0.2) is 0 Å². The van der Waals surface area contributed by atoms with E-state index in [1.807, 2.05) is 32.1 Å². The van der Waals surface area contributed by atoms with Gasteiger partial charge in [-0.05, 0) is 100 Å². The standard InChI is InChI=1S/C35H42O2/c1-5-7-27(6-2)35(37)30-17-15-28(16-18-30)31(22-25(4)36)14-10-26-11-20-34-32(23-26)19-21-33(34)29-12-8-24(3)9-13-29/h5-9,11-13,19-21,23,28,30-31,33H,10,14-18,22H2,1-4H3. The molecule has 2 atom stereocenters. The Bertz CT molecular complexity index is 1190. The van der Waals surface area contributed by atoms with Crippen molar-refractivity contribution in [2.75, 3.05) is 0 Å². The summed E-state index contributed by atoms with van der Waals surface area (Å²) in [6.07, 6.45) is 17.0. The van der Waals surface area contributed by atoms with E-state index in [4.69, 9.17) is 0 Å². The lowest BCUT2D eigenvalue weighted by molar-refractivity contribution is -0.121. The van der Waals surface area contributed by atoms with Gasteiger partial charge in [-0.3, -0.25) is 4.79 Å². The Morgan fingerprint density at radius 3 is 2.38 bits per heavy atom. The predicted molar refractivity (Wildman–Crippen MR) is 155 cm³/mol. The molecule has 4 rings (SSSR count). The van der Waals surface area contributed by atoms with Crippen LogP contribution in [0.25, 0.3) is 6.08 Å². The van der Waals surface area contributed by atoms with Gasteiger partial charge in [-0.2, -0.15) is 0 Å². The normalized spacial score (nSPS) is 22.3. The Kier molecular flexibility index (Phi) is 9.14. The molecule has 0 aromatic heterocycles. The Hall–Kier alpha value is -3.00. The highest BCUT2D eigenvalue weighted by Crippen LogP contribution is 2.39. The van der Waals surface area contributed by atoms with Crippen LogP contribution in [0.15, 0.2) is 72.3 Å². The van der Waals surface area contributed by atoms with Crippen LogP contribution >= 0.6 is 0 Å². The van der Waals surface area contributed by atoms with E-state index in [1.54, 1.807) is 6.92 Å². The monoisotopic (exact) mass is 494 g/mol. The fourth-order valence-electron chi connectivity index (χ4n) is 6.39. The molecular weight excluding hydrogens is 452 g/mol. The minimum absolute atomic E-state index is 0.126. The molecule has 2 aliphatic carbocycles. The second-order valence-corrected chi connectivity index (χ2v) is 11.1. The van der Waals surface area contributed by atoms with E-state index in [2.05, 4.69) is 61.5 Å². The maximum absolute atomic E-state index is 12.9. The number of benzene rings is 2. The molecule has 2 nitrogen and oxygen atoms in total. The first-order valence-electron chi connectivity index (χ1n) is 14.1. The molecule has 2 unspecified atom stereocenters. The third kappa shape index (κ3) is 6.66. The highest BCUT2D eigenvalue weighted by atomic mass is 16.1. The molecule has 0 N–H and O–H groups in total. The summed E-state index contributed by atoms with van der Waals surface area (Å²) in [7, 11) is 0. The van der Waals surface area contributed by atoms with Gasteiger partial charge in [0.25, 0.3) is 0 Å². The summed E-state index contributed by atoms with van der Waals surface area (Å²) < 4.78 is 0. The lowest BCUT2D eigenvalue weighted by Gasteiger charge is -2.33. The lowest BCUT2D eigenvalue weighted by atomic mass is 9.71. The smallest absolute Gasteiger partial charge is 0.165 e. The summed E-state index contributed by atoms with van der Waals surface area (Å²) in [5.41, 5.74) is 7.53. The number of carbonyl (C=O) groups is 2. The van der Waals surface area contributed by atoms with Crippen LogP contribution in [0, 0.1) is 24.7 Å². The number of allylic oxidation sites excluding steroid dienone is 5. The van der Waals surface area contributed by atoms with Crippen molar-refractivity contribution in [1.29, 1.82) is 0 Å². The molecule has 0 radical (unpaired) electrons. The van der Waals surface area contributed by atoms with Crippen LogP contribution in [0.4, 0.5) is 0 Å². The third-order valence-electron chi connectivity index (χ3n) is 8.50. The van der Waals surface area contributed by atoms with Crippen LogP contribution in [0.3, 0.4) is 0 Å². The lowest BCUT2D eigenvalue weighted by Crippen LogP contribution is -2.27. The van der Waals surface area contributed by atoms with E-state index < -0.39 is 0 Å². The van der Waals surface area contributed by atoms with Crippen molar-refractivity contribution in [3.8, 4) is 0 Å². The molecule has 0 heterocycles. The quantitative estimate of drug-likeness (QED) is 0.245. The summed E-state index contributed by atoms with van der Waals surface area (Å²) >= 11 is 0. The highest BCUT2D eigenvalue weighted by Gasteiger charge is 2.31. The van der Waals surface area contributed by atoms with E-state index in [0.29, 0.717) is 24.2 Å². The van der Waals surface area contributed by atoms with Crippen molar-refractivity contribution in [1.82, 2.24) is 0 Å². The van der Waals surface area contributed by atoms with E-state index in [-0.39, 0.29) is 17.5 Å². The van der Waals surface area contributed by atoms with Gasteiger partial charge in [0, 0.05) is 23.8 Å². The Morgan fingerprint density at radius 2 is 1.73 bits per heavy atom. The average Bonchev–Trinajstić information content (AvgIpc) is 3.33. The number of carbonyl (C=O) groups excluding carboxylic acids is 2. The van der Waals surface area contributed by atoms with Crippen LogP contribution < -0.4 is 0 Å². The van der Waals surface area contributed by atoms with Crippen LogP contribution in [0.5, 0.6) is 0 Å². The van der Waals surface area contributed by atoms with Gasteiger partial charge in [0.15, 0.2) is 5.78 Å². The first kappa shape index (κ1) is 27.0. The summed E-state index contributed by atoms with van der Waals surface area (Å²) in [6, 6.07) is 15.8. The molecule has 0 aliphatic heterocycles. The van der Waals surface area contributed by atoms with Gasteiger partial charge in [0.05, 0.1) is 0 Å². The zero-order valence-electron chi connectivity index (χ0n) is 23.0. The van der Waals surface area contributed by atoms with E-state index >= 15 is 0 Å². The van der Waals surface area contributed by atoms with Crippen LogP contribution in [-0.2, 0) is 16.0 Å². The number of fused-ring (bicyclic) bond motifs is 1. The predicted octanol–water partition coefficient (Wildman–Crippen LogP) is 8.58. The summed E-state index contributed by atoms with van der Waals surface area (Å²) in [5.74, 6) is 1.96. The Labute approximate surface area is 223 Å². The Balaban J connectivity index is 1.38. The van der Waals surface area contributed by atoms with Crippen LogP contribution in [0.2, 0.25) is 0 Å². The third-order valence-corrected chi connectivity index (χ3v) is 8.50. The second-order valence-electron chi connectivity index (χ2n) is 11.1. The molecule has 2 aromatic carbocycles. The number of hydrogen-bond acceptors (Lipinski definition) is 2. The van der Waals surface area contributed by atoms with Crippen LogP contribution in [0.1, 0.15) is 93.0 Å². The van der Waals surface area contributed by atoms with Crippen molar-refractivity contribution in [3.05, 3.63) is 100 Å². The number of Topliss-reactive ketones (excluding diaryl/α,β-unsaturated/α-hetero) is 2. The maximum Gasteiger partial charge on any atom is 0.165 e. The molecular formula is C35H42O2. The average molecular weight is 495 g/mol. The molecule has 1 fully saturated rings. The maximum atomic E-state index is 12.9. The van der Waals surface area contributed by atoms with E-state index in [1.165, 1.54) is 27.8 Å². The topological polar surface area (TPSA) is 34.1 Å². The van der Waals surface area contributed by atoms with Gasteiger partial charge >= 0.3 is 0 Å². The molecule has 0 amide bonds. The van der Waals surface area contributed by atoms with Crippen molar-refractivity contribution in [2.24, 2.45) is 17.8 Å². The van der Waals surface area contributed by atoms with E-state index in [0.717, 1.165) is 44.1 Å². The van der Waals surface area contributed by atoms with Crippen molar-refractivity contribution in [2.45, 2.75) is 78.6 Å². The van der Waals surface area contributed by atoms with Gasteiger partial charge in [-0.15, -0.1) is 0 Å². The zero-order chi connectivity index (χ0) is 26.4. The minimum atomic E-state index is 0.126. The number of ketones is 2. The van der Waals surface area contributed by atoms with Crippen molar-refractivity contribution in [3.63, 3.8) is 0 Å².